The predicted octanol–water partition coefficient (Wildman–Crippen LogP) is 1.80. The molecule has 8 rings (SSSR count). The quantitative estimate of drug-likeness (QED) is 0.386. The first kappa shape index (κ1) is 25.5. The Kier molecular flexibility index (Phi) is 5.39. The Hall–Kier alpha value is -2.17. The number of fused-ring (bicyclic) bond motifs is 2. The van der Waals surface area contributed by atoms with Crippen LogP contribution in [-0.2, 0) is 4.74 Å². The van der Waals surface area contributed by atoms with E-state index in [1.807, 2.05) is 17.2 Å². The van der Waals surface area contributed by atoms with Gasteiger partial charge in [0.15, 0.2) is 0 Å². The number of benzene rings is 1. The number of aliphatic hydroxyl groups excluding tert-OH is 5. The van der Waals surface area contributed by atoms with E-state index in [4.69, 9.17) is 4.74 Å². The van der Waals surface area contributed by atoms with E-state index in [9.17, 15) is 25.5 Å². The van der Waals surface area contributed by atoms with Crippen LogP contribution in [0.2, 0.25) is 0 Å². The van der Waals surface area contributed by atoms with E-state index >= 15 is 0 Å². The van der Waals surface area contributed by atoms with Crippen LogP contribution in [0.25, 0.3) is 10.8 Å². The Labute approximate surface area is 233 Å². The maximum Gasteiger partial charge on any atom is 0.105 e. The molecule has 2 spiro atoms. The Morgan fingerprint density at radius 3 is 2.58 bits per heavy atom. The fourth-order valence-electron chi connectivity index (χ4n) is 9.75. The van der Waals surface area contributed by atoms with Crippen LogP contribution in [0, 0.1) is 11.3 Å². The van der Waals surface area contributed by atoms with E-state index in [2.05, 4.69) is 42.3 Å². The lowest BCUT2D eigenvalue weighted by Crippen LogP contribution is -2.62. The average Bonchev–Trinajstić information content (AvgIpc) is 3.54. The van der Waals surface area contributed by atoms with Crippen LogP contribution in [0.15, 0.2) is 60.0 Å². The molecule has 2 bridgehead atoms. The number of allylic oxidation sites excluding steroid dienone is 1. The minimum absolute atomic E-state index is 0.0427. The normalized spacial score (nSPS) is 48.0. The van der Waals surface area contributed by atoms with Crippen molar-refractivity contribution in [1.29, 1.82) is 0 Å². The molecule has 1 aromatic heterocycles. The van der Waals surface area contributed by atoms with Crippen LogP contribution in [-0.4, -0.2) is 96.3 Å². The van der Waals surface area contributed by atoms with E-state index in [-0.39, 0.29) is 30.3 Å². The van der Waals surface area contributed by atoms with Crippen LogP contribution < -0.4 is 0 Å². The van der Waals surface area contributed by atoms with Crippen molar-refractivity contribution in [3.63, 3.8) is 0 Å². The van der Waals surface area contributed by atoms with E-state index < -0.39 is 47.8 Å². The first-order valence-corrected chi connectivity index (χ1v) is 14.8. The zero-order chi connectivity index (χ0) is 27.6. The number of hydrogen-bond donors (Lipinski definition) is 5. The van der Waals surface area contributed by atoms with Crippen molar-refractivity contribution in [3.8, 4) is 0 Å². The number of ether oxygens (including phenoxy) is 1. The van der Waals surface area contributed by atoms with Gasteiger partial charge in [-0.05, 0) is 71.7 Å². The summed E-state index contributed by atoms with van der Waals surface area (Å²) in [5.41, 5.74) is 1.47. The number of hydrogen-bond acceptors (Lipinski definition) is 8. The summed E-state index contributed by atoms with van der Waals surface area (Å²) in [4.78, 5) is 6.21. The summed E-state index contributed by atoms with van der Waals surface area (Å²) in [6.45, 7) is 2.82. The molecule has 8 heteroatoms. The number of aliphatic hydroxyl groups is 5. The van der Waals surface area contributed by atoms with Gasteiger partial charge in [0.05, 0.1) is 35.6 Å². The molecule has 3 aliphatic carbocycles. The largest absolute Gasteiger partial charge is 0.392 e. The fourth-order valence-corrected chi connectivity index (χ4v) is 9.75. The minimum atomic E-state index is -1.08. The van der Waals surface area contributed by atoms with Crippen molar-refractivity contribution >= 4 is 10.8 Å². The van der Waals surface area contributed by atoms with Gasteiger partial charge >= 0.3 is 0 Å². The number of pyridine rings is 1. The number of β-amino-alcohol motifs (C(OH)–C–C–N with tert-alkyl or cyclic N) is 2. The molecule has 4 fully saturated rings. The van der Waals surface area contributed by atoms with E-state index in [0.29, 0.717) is 12.8 Å². The van der Waals surface area contributed by atoms with Crippen molar-refractivity contribution in [2.75, 3.05) is 13.1 Å². The summed E-state index contributed by atoms with van der Waals surface area (Å²) in [7, 11) is 0. The summed E-state index contributed by atoms with van der Waals surface area (Å²) < 4.78 is 7.24. The number of rotatable bonds is 2. The van der Waals surface area contributed by atoms with Gasteiger partial charge in [-0.1, -0.05) is 31.2 Å². The molecule has 3 aliphatic heterocycles. The minimum Gasteiger partial charge on any atom is -0.392 e. The average molecular weight is 547 g/mol. The highest BCUT2D eigenvalue weighted by Gasteiger charge is 2.69. The Morgan fingerprint density at radius 1 is 0.975 bits per heavy atom. The second-order valence-electron chi connectivity index (χ2n) is 13.6. The van der Waals surface area contributed by atoms with Crippen LogP contribution in [0.1, 0.15) is 50.5 Å². The molecule has 212 valence electrons. The second-order valence-corrected chi connectivity index (χ2v) is 13.6. The summed E-state index contributed by atoms with van der Waals surface area (Å²) >= 11 is 0. The molecule has 4 heterocycles. The zero-order valence-electron chi connectivity index (χ0n) is 22.7. The maximum absolute atomic E-state index is 11.6. The molecule has 2 saturated carbocycles. The maximum atomic E-state index is 11.6. The molecule has 2 saturated heterocycles. The van der Waals surface area contributed by atoms with Crippen molar-refractivity contribution in [2.45, 2.75) is 92.7 Å². The molecule has 6 aliphatic rings. The highest BCUT2D eigenvalue weighted by atomic mass is 16.5. The third-order valence-electron chi connectivity index (χ3n) is 11.7. The topological polar surface area (TPSA) is 127 Å². The Bertz CT molecular complexity index is 1430. The van der Waals surface area contributed by atoms with Gasteiger partial charge < -0.3 is 30.3 Å². The van der Waals surface area contributed by atoms with Crippen LogP contribution in [0.3, 0.4) is 0 Å². The molecule has 0 amide bonds. The highest BCUT2D eigenvalue weighted by Crippen LogP contribution is 2.69. The van der Waals surface area contributed by atoms with Crippen LogP contribution in [0.5, 0.6) is 0 Å². The Morgan fingerprint density at radius 2 is 1.77 bits per heavy atom. The molecule has 2 aromatic rings. The number of aromatic nitrogens is 1. The molecule has 2 unspecified atom stereocenters. The van der Waals surface area contributed by atoms with Gasteiger partial charge in [0.25, 0.3) is 0 Å². The molecule has 1 aromatic carbocycles. The zero-order valence-corrected chi connectivity index (χ0v) is 22.7. The van der Waals surface area contributed by atoms with Gasteiger partial charge in [0.1, 0.15) is 6.10 Å². The molecule has 0 radical (unpaired) electrons. The monoisotopic (exact) mass is 546 g/mol. The number of nitrogens with zero attached hydrogens (tertiary/aromatic N) is 2. The fraction of sp³-hybridized carbons (Fsp3) is 0.594. The van der Waals surface area contributed by atoms with Gasteiger partial charge in [-0.25, -0.2) is 0 Å². The van der Waals surface area contributed by atoms with Crippen molar-refractivity contribution in [1.82, 2.24) is 9.88 Å². The lowest BCUT2D eigenvalue weighted by Gasteiger charge is -2.56. The van der Waals surface area contributed by atoms with Crippen molar-refractivity contribution in [3.05, 3.63) is 65.5 Å². The SMILES string of the molecule is C[C@]12CC=C3C=C4[C@@H](O)[C@H](O)[C@@H](N5C[C@H](O)[C@@H](O)C5)C[C@]45CCC3(O5)[C@@H]1C[C@@H](O)C2c1ccc2ccncc2c1. The third kappa shape index (κ3) is 3.24. The summed E-state index contributed by atoms with van der Waals surface area (Å²) in [5, 5.41) is 56.8. The third-order valence-corrected chi connectivity index (χ3v) is 11.7. The predicted molar refractivity (Wildman–Crippen MR) is 147 cm³/mol. The highest BCUT2D eigenvalue weighted by molar-refractivity contribution is 5.82. The number of likely N-dealkylation sites (tertiary alicyclic amines) is 1. The molecule has 11 atom stereocenters. The van der Waals surface area contributed by atoms with Gasteiger partial charge in [-0.2, -0.15) is 0 Å². The molecular formula is C32H38N2O6. The molecule has 40 heavy (non-hydrogen) atoms. The summed E-state index contributed by atoms with van der Waals surface area (Å²) in [6, 6.07) is 8.03. The smallest absolute Gasteiger partial charge is 0.105 e. The first-order chi connectivity index (χ1) is 19.2. The van der Waals surface area contributed by atoms with Crippen LogP contribution >= 0.6 is 0 Å². The summed E-state index contributed by atoms with van der Waals surface area (Å²) in [6.07, 6.45) is 7.15. The second kappa shape index (κ2) is 8.44. The van der Waals surface area contributed by atoms with Gasteiger partial charge in [0.2, 0.25) is 0 Å². The molecule has 5 N–H and O–H groups in total. The van der Waals surface area contributed by atoms with Crippen molar-refractivity contribution < 1.29 is 30.3 Å². The lowest BCUT2D eigenvalue weighted by molar-refractivity contribution is -0.167. The lowest BCUT2D eigenvalue weighted by atomic mass is 9.58. The summed E-state index contributed by atoms with van der Waals surface area (Å²) in [5.74, 6) is 0.0542. The van der Waals surface area contributed by atoms with E-state index in [0.717, 1.165) is 46.7 Å². The van der Waals surface area contributed by atoms with Crippen LogP contribution in [0.4, 0.5) is 0 Å². The van der Waals surface area contributed by atoms with E-state index in [1.54, 1.807) is 6.20 Å². The molecular weight excluding hydrogens is 508 g/mol. The van der Waals surface area contributed by atoms with Gasteiger partial charge in [-0.3, -0.25) is 9.88 Å². The van der Waals surface area contributed by atoms with E-state index in [1.165, 1.54) is 0 Å². The first-order valence-electron chi connectivity index (χ1n) is 14.8. The standard InChI is InChI=1S/C32H38N2O6/c1-30-6-4-20-11-21-28(38)29(39)22(34-15-24(36)25(37)16-34)13-31(21)7-8-32(20,40-31)26(30)12-23(35)27(30)18-3-2-17-5-9-33-14-19(17)10-18/h2-5,9-11,14,22-29,35-39H,6-8,12-13,15-16H2,1H3/t22-,23+,24-,25-,26+,27?,28+,29+,30-,31+,32?/m0/s1. The van der Waals surface area contributed by atoms with Crippen molar-refractivity contribution in [2.24, 2.45) is 11.3 Å². The van der Waals surface area contributed by atoms with Gasteiger partial charge in [-0.15, -0.1) is 0 Å². The Balaban J connectivity index is 1.17. The molecule has 8 nitrogen and oxygen atoms in total. The van der Waals surface area contributed by atoms with Gasteiger partial charge in [0, 0.05) is 48.7 Å².